The summed E-state index contributed by atoms with van der Waals surface area (Å²) in [5.41, 5.74) is 1.15. The molecule has 0 bridgehead atoms. The Morgan fingerprint density at radius 1 is 1.26 bits per heavy atom. The van der Waals surface area contributed by atoms with Gasteiger partial charge in [-0.1, -0.05) is 45.4 Å². The molecule has 104 valence electrons. The van der Waals surface area contributed by atoms with Crippen LogP contribution in [-0.4, -0.2) is 10.8 Å². The van der Waals surface area contributed by atoms with Crippen LogP contribution in [0.1, 0.15) is 69.8 Å². The number of carbonyl (C=O) groups is 1. The molecule has 0 radical (unpaired) electrons. The van der Waals surface area contributed by atoms with E-state index in [1.807, 2.05) is 12.1 Å². The summed E-state index contributed by atoms with van der Waals surface area (Å²) in [6.45, 7) is 2.15. The zero-order chi connectivity index (χ0) is 13.5. The summed E-state index contributed by atoms with van der Waals surface area (Å²) in [6, 6.07) is 4.00. The Hall–Kier alpha value is -1.18. The lowest BCUT2D eigenvalue weighted by molar-refractivity contribution is -0.121. The van der Waals surface area contributed by atoms with Crippen LogP contribution in [0.25, 0.3) is 0 Å². The summed E-state index contributed by atoms with van der Waals surface area (Å²) in [7, 11) is 0. The van der Waals surface area contributed by atoms with E-state index in [0.29, 0.717) is 11.7 Å². The van der Waals surface area contributed by atoms with Crippen molar-refractivity contribution in [3.63, 3.8) is 0 Å². The third-order valence-electron chi connectivity index (χ3n) is 4.29. The molecule has 19 heavy (non-hydrogen) atoms. The van der Waals surface area contributed by atoms with Gasteiger partial charge in [0.1, 0.15) is 5.78 Å². The van der Waals surface area contributed by atoms with E-state index in [1.54, 1.807) is 12.4 Å². The number of carbonyl (C=O) groups excluding carboxylic acids is 1. The zero-order valence-corrected chi connectivity index (χ0v) is 12.0. The van der Waals surface area contributed by atoms with Gasteiger partial charge in [-0.15, -0.1) is 0 Å². The second-order valence-electron chi connectivity index (χ2n) is 5.80. The molecule has 1 atom stereocenters. The van der Waals surface area contributed by atoms with Crippen LogP contribution >= 0.6 is 0 Å². The lowest BCUT2D eigenvalue weighted by Crippen LogP contribution is -2.18. The minimum Gasteiger partial charge on any atom is -0.299 e. The molecule has 1 aromatic heterocycles. The SMILES string of the molecule is CCCC(C(=O)CC1CCCCC1)c1ccncc1. The van der Waals surface area contributed by atoms with E-state index >= 15 is 0 Å². The Kier molecular flexibility index (Phi) is 5.56. The lowest BCUT2D eigenvalue weighted by Gasteiger charge is -2.23. The number of pyridine rings is 1. The van der Waals surface area contributed by atoms with Gasteiger partial charge in [-0.05, 0) is 30.0 Å². The molecule has 1 aromatic rings. The van der Waals surface area contributed by atoms with Crippen LogP contribution in [0, 0.1) is 5.92 Å². The molecule has 0 aromatic carbocycles. The second-order valence-corrected chi connectivity index (χ2v) is 5.80. The normalized spacial score (nSPS) is 18.2. The first-order valence-corrected chi connectivity index (χ1v) is 7.74. The maximum absolute atomic E-state index is 12.6. The van der Waals surface area contributed by atoms with Crippen LogP contribution in [0.2, 0.25) is 0 Å². The Bertz CT molecular complexity index is 382. The fourth-order valence-electron chi connectivity index (χ4n) is 3.22. The van der Waals surface area contributed by atoms with E-state index in [-0.39, 0.29) is 5.92 Å². The summed E-state index contributed by atoms with van der Waals surface area (Å²) in [5, 5.41) is 0. The first kappa shape index (κ1) is 14.2. The van der Waals surface area contributed by atoms with Gasteiger partial charge in [0.2, 0.25) is 0 Å². The Balaban J connectivity index is 1.99. The van der Waals surface area contributed by atoms with Crippen LogP contribution in [0.5, 0.6) is 0 Å². The molecular formula is C17H25NO. The molecule has 1 aliphatic rings. The first-order chi connectivity index (χ1) is 9.31. The van der Waals surface area contributed by atoms with E-state index < -0.39 is 0 Å². The molecule has 0 amide bonds. The molecule has 2 heteroatoms. The van der Waals surface area contributed by atoms with Crippen molar-refractivity contribution in [2.45, 2.75) is 64.2 Å². The zero-order valence-electron chi connectivity index (χ0n) is 12.0. The number of rotatable bonds is 6. The van der Waals surface area contributed by atoms with Crippen molar-refractivity contribution in [1.82, 2.24) is 4.98 Å². The number of Topliss-reactive ketones (excluding diaryl/α,β-unsaturated/α-hetero) is 1. The predicted octanol–water partition coefficient (Wildman–Crippen LogP) is 4.50. The van der Waals surface area contributed by atoms with Crippen LogP contribution in [0.4, 0.5) is 0 Å². The fraction of sp³-hybridized carbons (Fsp3) is 0.647. The monoisotopic (exact) mass is 259 g/mol. The molecule has 1 fully saturated rings. The summed E-state index contributed by atoms with van der Waals surface area (Å²) < 4.78 is 0. The van der Waals surface area contributed by atoms with Crippen LogP contribution in [0.3, 0.4) is 0 Å². The van der Waals surface area contributed by atoms with Crippen molar-refractivity contribution >= 4 is 5.78 Å². The second kappa shape index (κ2) is 7.42. The summed E-state index contributed by atoms with van der Waals surface area (Å²) >= 11 is 0. The van der Waals surface area contributed by atoms with Crippen molar-refractivity contribution < 1.29 is 4.79 Å². The first-order valence-electron chi connectivity index (χ1n) is 7.74. The maximum atomic E-state index is 12.6. The van der Waals surface area contributed by atoms with E-state index in [4.69, 9.17) is 0 Å². The molecule has 0 N–H and O–H groups in total. The molecule has 2 rings (SSSR count). The molecule has 2 nitrogen and oxygen atoms in total. The molecule has 0 aliphatic heterocycles. The predicted molar refractivity (Wildman–Crippen MR) is 78.1 cm³/mol. The van der Waals surface area contributed by atoms with Gasteiger partial charge in [-0.25, -0.2) is 0 Å². The number of aromatic nitrogens is 1. The summed E-state index contributed by atoms with van der Waals surface area (Å²) in [5.74, 6) is 1.18. The van der Waals surface area contributed by atoms with Crippen molar-refractivity contribution in [3.05, 3.63) is 30.1 Å². The number of hydrogen-bond donors (Lipinski definition) is 0. The molecule has 0 saturated heterocycles. The molecule has 1 saturated carbocycles. The van der Waals surface area contributed by atoms with Gasteiger partial charge in [0, 0.05) is 24.7 Å². The summed E-state index contributed by atoms with van der Waals surface area (Å²) in [4.78, 5) is 16.6. The van der Waals surface area contributed by atoms with Gasteiger partial charge < -0.3 is 0 Å². The summed E-state index contributed by atoms with van der Waals surface area (Å²) in [6.07, 6.45) is 12.9. The van der Waals surface area contributed by atoms with E-state index in [0.717, 1.165) is 24.8 Å². The highest BCUT2D eigenvalue weighted by Gasteiger charge is 2.24. The lowest BCUT2D eigenvalue weighted by atomic mass is 9.81. The minimum atomic E-state index is 0.0925. The molecule has 1 unspecified atom stereocenters. The van der Waals surface area contributed by atoms with Gasteiger partial charge in [-0.2, -0.15) is 0 Å². The third kappa shape index (κ3) is 4.15. The Labute approximate surface area is 116 Å². The largest absolute Gasteiger partial charge is 0.299 e. The third-order valence-corrected chi connectivity index (χ3v) is 4.29. The van der Waals surface area contributed by atoms with Crippen LogP contribution in [-0.2, 0) is 4.79 Å². The van der Waals surface area contributed by atoms with Gasteiger partial charge in [0.05, 0.1) is 0 Å². The van der Waals surface area contributed by atoms with Crippen LogP contribution in [0.15, 0.2) is 24.5 Å². The van der Waals surface area contributed by atoms with Crippen molar-refractivity contribution in [2.75, 3.05) is 0 Å². The van der Waals surface area contributed by atoms with Crippen molar-refractivity contribution in [2.24, 2.45) is 5.92 Å². The van der Waals surface area contributed by atoms with Gasteiger partial charge in [0.15, 0.2) is 0 Å². The molecule has 1 heterocycles. The minimum absolute atomic E-state index is 0.0925. The van der Waals surface area contributed by atoms with E-state index in [2.05, 4.69) is 11.9 Å². The van der Waals surface area contributed by atoms with Gasteiger partial charge in [-0.3, -0.25) is 9.78 Å². The topological polar surface area (TPSA) is 30.0 Å². The standard InChI is InChI=1S/C17H25NO/c1-2-6-16(15-9-11-18-12-10-15)17(19)13-14-7-4-3-5-8-14/h9-12,14,16H,2-8,13H2,1H3. The highest BCUT2D eigenvalue weighted by Crippen LogP contribution is 2.31. The van der Waals surface area contributed by atoms with E-state index in [9.17, 15) is 4.79 Å². The Morgan fingerprint density at radius 3 is 2.58 bits per heavy atom. The quantitative estimate of drug-likeness (QED) is 0.752. The van der Waals surface area contributed by atoms with E-state index in [1.165, 1.54) is 32.1 Å². The van der Waals surface area contributed by atoms with Gasteiger partial charge >= 0.3 is 0 Å². The molecule has 1 aliphatic carbocycles. The highest BCUT2D eigenvalue weighted by molar-refractivity contribution is 5.85. The number of hydrogen-bond acceptors (Lipinski definition) is 2. The molecular weight excluding hydrogens is 234 g/mol. The Morgan fingerprint density at radius 2 is 1.95 bits per heavy atom. The number of nitrogens with zero attached hydrogens (tertiary/aromatic N) is 1. The van der Waals surface area contributed by atoms with Gasteiger partial charge in [0.25, 0.3) is 0 Å². The van der Waals surface area contributed by atoms with Crippen molar-refractivity contribution in [1.29, 1.82) is 0 Å². The maximum Gasteiger partial charge on any atom is 0.140 e. The average Bonchev–Trinajstić information content (AvgIpc) is 2.46. The molecule has 0 spiro atoms. The fourth-order valence-corrected chi connectivity index (χ4v) is 3.22. The average molecular weight is 259 g/mol. The highest BCUT2D eigenvalue weighted by atomic mass is 16.1. The van der Waals surface area contributed by atoms with Crippen LogP contribution < -0.4 is 0 Å². The van der Waals surface area contributed by atoms with Crippen molar-refractivity contribution in [3.8, 4) is 0 Å². The number of ketones is 1. The smallest absolute Gasteiger partial charge is 0.140 e.